The zero-order chi connectivity index (χ0) is 22.7. The number of nitrogens with one attached hydrogen (secondary N) is 1. The van der Waals surface area contributed by atoms with Gasteiger partial charge < -0.3 is 14.5 Å². The Morgan fingerprint density at radius 3 is 2.47 bits per heavy atom. The third-order valence-electron chi connectivity index (χ3n) is 4.73. The SMILES string of the molecule is COc1cccc(-c2cnc(-c3ccccc3C(=O)Nc3ccc(C(F)(F)F)cc3)o2)c1. The number of carbonyl (C=O) groups excluding carboxylic acids is 1. The first-order chi connectivity index (χ1) is 15.3. The van der Waals surface area contributed by atoms with Gasteiger partial charge in [0.25, 0.3) is 5.91 Å². The minimum absolute atomic E-state index is 0.237. The number of benzene rings is 3. The molecule has 1 amide bonds. The van der Waals surface area contributed by atoms with Crippen molar-refractivity contribution in [2.75, 3.05) is 12.4 Å². The maximum absolute atomic E-state index is 12.8. The number of anilines is 1. The van der Waals surface area contributed by atoms with Crippen LogP contribution in [-0.4, -0.2) is 18.0 Å². The fourth-order valence-corrected chi connectivity index (χ4v) is 3.12. The molecule has 1 N–H and O–H groups in total. The molecule has 0 aliphatic heterocycles. The molecule has 0 radical (unpaired) electrons. The van der Waals surface area contributed by atoms with Gasteiger partial charge in [-0.1, -0.05) is 24.3 Å². The molecule has 0 aliphatic rings. The fourth-order valence-electron chi connectivity index (χ4n) is 3.12. The van der Waals surface area contributed by atoms with E-state index in [2.05, 4.69) is 10.3 Å². The maximum Gasteiger partial charge on any atom is 0.416 e. The number of alkyl halides is 3. The summed E-state index contributed by atoms with van der Waals surface area (Å²) in [6.45, 7) is 0. The van der Waals surface area contributed by atoms with E-state index in [9.17, 15) is 18.0 Å². The molecule has 0 unspecified atom stereocenters. The van der Waals surface area contributed by atoms with E-state index in [0.717, 1.165) is 17.7 Å². The minimum atomic E-state index is -4.44. The average Bonchev–Trinajstić information content (AvgIpc) is 3.29. The Morgan fingerprint density at radius 2 is 1.75 bits per heavy atom. The Bertz CT molecular complexity index is 1250. The average molecular weight is 438 g/mol. The Kier molecular flexibility index (Phi) is 5.68. The highest BCUT2D eigenvalue weighted by Gasteiger charge is 2.30. The Balaban J connectivity index is 1.59. The molecule has 0 saturated heterocycles. The number of amides is 1. The highest BCUT2D eigenvalue weighted by molar-refractivity contribution is 6.08. The number of nitrogens with zero attached hydrogens (tertiary/aromatic N) is 1. The lowest BCUT2D eigenvalue weighted by molar-refractivity contribution is -0.137. The molecule has 0 spiro atoms. The quantitative estimate of drug-likeness (QED) is 0.398. The number of methoxy groups -OCH3 is 1. The normalized spacial score (nSPS) is 11.2. The standard InChI is InChI=1S/C24H17F3N2O3/c1-31-18-6-4-5-15(13-18)21-14-28-23(32-21)20-8-3-2-7-19(20)22(30)29-17-11-9-16(10-12-17)24(25,26)27/h2-14H,1H3,(H,29,30). The van der Waals surface area contributed by atoms with Gasteiger partial charge in [-0.2, -0.15) is 13.2 Å². The number of aromatic nitrogens is 1. The second kappa shape index (κ2) is 8.58. The number of halogens is 3. The summed E-state index contributed by atoms with van der Waals surface area (Å²) in [5.74, 6) is 0.899. The molecule has 0 fully saturated rings. The number of ether oxygens (including phenoxy) is 1. The molecular weight excluding hydrogens is 421 g/mol. The van der Waals surface area contributed by atoms with Crippen LogP contribution >= 0.6 is 0 Å². The minimum Gasteiger partial charge on any atom is -0.497 e. The van der Waals surface area contributed by atoms with Crippen molar-refractivity contribution in [3.05, 3.63) is 90.1 Å². The van der Waals surface area contributed by atoms with Gasteiger partial charge in [-0.15, -0.1) is 0 Å². The van der Waals surface area contributed by atoms with Crippen LogP contribution in [0, 0.1) is 0 Å². The van der Waals surface area contributed by atoms with E-state index >= 15 is 0 Å². The van der Waals surface area contributed by atoms with Crippen LogP contribution in [0.2, 0.25) is 0 Å². The molecule has 32 heavy (non-hydrogen) atoms. The molecule has 4 aromatic rings. The first-order valence-corrected chi connectivity index (χ1v) is 9.53. The molecule has 3 aromatic carbocycles. The number of carbonyl (C=O) groups is 1. The Hall–Kier alpha value is -4.07. The lowest BCUT2D eigenvalue weighted by atomic mass is 10.1. The van der Waals surface area contributed by atoms with Crippen LogP contribution in [0.1, 0.15) is 15.9 Å². The molecule has 8 heteroatoms. The van der Waals surface area contributed by atoms with Crippen molar-refractivity contribution < 1.29 is 27.1 Å². The Labute approximate surface area is 181 Å². The molecule has 0 saturated carbocycles. The van der Waals surface area contributed by atoms with Crippen molar-refractivity contribution in [1.29, 1.82) is 0 Å². The first-order valence-electron chi connectivity index (χ1n) is 9.53. The van der Waals surface area contributed by atoms with Crippen molar-refractivity contribution in [2.24, 2.45) is 0 Å². The third-order valence-corrected chi connectivity index (χ3v) is 4.73. The summed E-state index contributed by atoms with van der Waals surface area (Å²) in [6.07, 6.45) is -2.89. The lowest BCUT2D eigenvalue weighted by Crippen LogP contribution is -2.13. The molecule has 0 aliphatic carbocycles. The lowest BCUT2D eigenvalue weighted by Gasteiger charge is -2.10. The summed E-state index contributed by atoms with van der Waals surface area (Å²) in [4.78, 5) is 17.1. The molecule has 4 rings (SSSR count). The summed E-state index contributed by atoms with van der Waals surface area (Å²) in [7, 11) is 1.57. The van der Waals surface area contributed by atoms with Gasteiger partial charge in [0.15, 0.2) is 5.76 Å². The molecule has 1 aromatic heterocycles. The van der Waals surface area contributed by atoms with Crippen LogP contribution in [0.15, 0.2) is 83.4 Å². The number of hydrogen-bond acceptors (Lipinski definition) is 4. The smallest absolute Gasteiger partial charge is 0.416 e. The first kappa shape index (κ1) is 21.2. The van der Waals surface area contributed by atoms with Crippen LogP contribution < -0.4 is 10.1 Å². The molecule has 5 nitrogen and oxygen atoms in total. The predicted molar refractivity (Wildman–Crippen MR) is 113 cm³/mol. The largest absolute Gasteiger partial charge is 0.497 e. The number of hydrogen-bond donors (Lipinski definition) is 1. The second-order valence-corrected chi connectivity index (χ2v) is 6.84. The summed E-state index contributed by atoms with van der Waals surface area (Å²) >= 11 is 0. The van der Waals surface area contributed by atoms with E-state index in [1.807, 2.05) is 18.2 Å². The van der Waals surface area contributed by atoms with Gasteiger partial charge >= 0.3 is 6.18 Å². The second-order valence-electron chi connectivity index (χ2n) is 6.84. The number of rotatable bonds is 5. The van der Waals surface area contributed by atoms with Crippen molar-refractivity contribution in [2.45, 2.75) is 6.18 Å². The van der Waals surface area contributed by atoms with Gasteiger partial charge in [0, 0.05) is 16.8 Å². The summed E-state index contributed by atoms with van der Waals surface area (Å²) in [5.41, 5.74) is 0.926. The van der Waals surface area contributed by atoms with Crippen LogP contribution in [-0.2, 0) is 6.18 Å². The third kappa shape index (κ3) is 4.49. The van der Waals surface area contributed by atoms with E-state index < -0.39 is 17.6 Å². The van der Waals surface area contributed by atoms with Crippen molar-refractivity contribution in [1.82, 2.24) is 4.98 Å². The number of oxazole rings is 1. The molecule has 0 atom stereocenters. The maximum atomic E-state index is 12.8. The topological polar surface area (TPSA) is 64.4 Å². The van der Waals surface area contributed by atoms with E-state index in [4.69, 9.17) is 9.15 Å². The summed E-state index contributed by atoms with van der Waals surface area (Å²) in [5, 5.41) is 2.61. The van der Waals surface area contributed by atoms with Gasteiger partial charge in [-0.05, 0) is 48.5 Å². The van der Waals surface area contributed by atoms with E-state index in [1.54, 1.807) is 43.6 Å². The van der Waals surface area contributed by atoms with Crippen LogP contribution in [0.4, 0.5) is 18.9 Å². The zero-order valence-corrected chi connectivity index (χ0v) is 16.8. The van der Waals surface area contributed by atoms with E-state index in [1.165, 1.54) is 12.1 Å². The van der Waals surface area contributed by atoms with Gasteiger partial charge in [0.2, 0.25) is 5.89 Å². The van der Waals surface area contributed by atoms with Gasteiger partial charge in [-0.3, -0.25) is 4.79 Å². The van der Waals surface area contributed by atoms with E-state index in [-0.39, 0.29) is 17.1 Å². The van der Waals surface area contributed by atoms with Crippen molar-refractivity contribution in [3.8, 4) is 28.5 Å². The Morgan fingerprint density at radius 1 is 1.00 bits per heavy atom. The van der Waals surface area contributed by atoms with Gasteiger partial charge in [0.1, 0.15) is 5.75 Å². The van der Waals surface area contributed by atoms with Gasteiger partial charge in [0.05, 0.1) is 24.4 Å². The highest BCUT2D eigenvalue weighted by atomic mass is 19.4. The van der Waals surface area contributed by atoms with Crippen LogP contribution in [0.25, 0.3) is 22.8 Å². The fraction of sp³-hybridized carbons (Fsp3) is 0.0833. The van der Waals surface area contributed by atoms with Crippen molar-refractivity contribution >= 4 is 11.6 Å². The van der Waals surface area contributed by atoms with E-state index in [0.29, 0.717) is 17.1 Å². The highest BCUT2D eigenvalue weighted by Crippen LogP contribution is 2.31. The molecule has 1 heterocycles. The van der Waals surface area contributed by atoms with Crippen LogP contribution in [0.3, 0.4) is 0 Å². The zero-order valence-electron chi connectivity index (χ0n) is 16.8. The molecule has 0 bridgehead atoms. The van der Waals surface area contributed by atoms with Crippen LogP contribution in [0.5, 0.6) is 5.75 Å². The predicted octanol–water partition coefficient (Wildman–Crippen LogP) is 6.29. The van der Waals surface area contributed by atoms with Crippen molar-refractivity contribution in [3.63, 3.8) is 0 Å². The molecular formula is C24H17F3N2O3. The monoisotopic (exact) mass is 438 g/mol. The van der Waals surface area contributed by atoms with Gasteiger partial charge in [-0.25, -0.2) is 4.98 Å². The summed E-state index contributed by atoms with van der Waals surface area (Å²) < 4.78 is 49.3. The molecule has 162 valence electrons. The summed E-state index contributed by atoms with van der Waals surface area (Å²) in [6, 6.07) is 18.2.